The standard InChI is InChI=1S/C19H24N2O4S/c1-19(2,3)14-11-26-17(15(14)18(23)24)21-16(22)12-5-7-13(8-6-12)20-9-10-25-4/h5-8,11,20H,9-10H2,1-4H3,(H,21,22)(H,23,24). The molecule has 0 aliphatic heterocycles. The van der Waals surface area contributed by atoms with Crippen molar-refractivity contribution in [1.82, 2.24) is 0 Å². The van der Waals surface area contributed by atoms with E-state index in [-0.39, 0.29) is 16.9 Å². The molecule has 0 radical (unpaired) electrons. The number of hydrogen-bond acceptors (Lipinski definition) is 5. The van der Waals surface area contributed by atoms with Gasteiger partial charge in [0.05, 0.1) is 12.2 Å². The first-order valence-electron chi connectivity index (χ1n) is 8.23. The molecule has 140 valence electrons. The molecule has 26 heavy (non-hydrogen) atoms. The van der Waals surface area contributed by atoms with Crippen LogP contribution in [-0.4, -0.2) is 37.2 Å². The van der Waals surface area contributed by atoms with E-state index in [2.05, 4.69) is 10.6 Å². The zero-order chi connectivity index (χ0) is 19.3. The maximum absolute atomic E-state index is 12.5. The quantitative estimate of drug-likeness (QED) is 0.635. The number of nitrogens with one attached hydrogen (secondary N) is 2. The molecule has 1 aromatic carbocycles. The molecule has 6 nitrogen and oxygen atoms in total. The highest BCUT2D eigenvalue weighted by Gasteiger charge is 2.27. The van der Waals surface area contributed by atoms with Gasteiger partial charge in [0, 0.05) is 24.9 Å². The first kappa shape index (κ1) is 19.9. The van der Waals surface area contributed by atoms with Crippen molar-refractivity contribution in [3.63, 3.8) is 0 Å². The van der Waals surface area contributed by atoms with Gasteiger partial charge in [-0.1, -0.05) is 20.8 Å². The van der Waals surface area contributed by atoms with E-state index in [1.54, 1.807) is 36.8 Å². The summed E-state index contributed by atoms with van der Waals surface area (Å²) in [6, 6.07) is 7.00. The van der Waals surface area contributed by atoms with Crippen molar-refractivity contribution in [3.8, 4) is 0 Å². The monoisotopic (exact) mass is 376 g/mol. The minimum absolute atomic E-state index is 0.161. The lowest BCUT2D eigenvalue weighted by atomic mass is 9.86. The number of carboxylic acids is 1. The third kappa shape index (κ3) is 4.83. The average molecular weight is 376 g/mol. The Morgan fingerprint density at radius 2 is 1.85 bits per heavy atom. The molecule has 3 N–H and O–H groups in total. The summed E-state index contributed by atoms with van der Waals surface area (Å²) in [5, 5.41) is 17.6. The molecular weight excluding hydrogens is 352 g/mol. The van der Waals surface area contributed by atoms with Gasteiger partial charge in [-0.2, -0.15) is 0 Å². The largest absolute Gasteiger partial charge is 0.478 e. The van der Waals surface area contributed by atoms with Crippen LogP contribution in [0.3, 0.4) is 0 Å². The van der Waals surface area contributed by atoms with Crippen LogP contribution in [0.2, 0.25) is 0 Å². The van der Waals surface area contributed by atoms with Gasteiger partial charge in [-0.15, -0.1) is 11.3 Å². The highest BCUT2D eigenvalue weighted by molar-refractivity contribution is 7.15. The highest BCUT2D eigenvalue weighted by atomic mass is 32.1. The Labute approximate surface area is 157 Å². The van der Waals surface area contributed by atoms with E-state index in [9.17, 15) is 14.7 Å². The number of carbonyl (C=O) groups excluding carboxylic acids is 1. The van der Waals surface area contributed by atoms with E-state index in [0.717, 1.165) is 5.69 Å². The molecule has 0 bridgehead atoms. The van der Waals surface area contributed by atoms with Crippen molar-refractivity contribution < 1.29 is 19.4 Å². The van der Waals surface area contributed by atoms with E-state index in [0.29, 0.717) is 29.3 Å². The molecule has 7 heteroatoms. The van der Waals surface area contributed by atoms with Gasteiger partial charge in [-0.3, -0.25) is 4.79 Å². The lowest BCUT2D eigenvalue weighted by Gasteiger charge is -2.18. The predicted molar refractivity (Wildman–Crippen MR) is 105 cm³/mol. The molecule has 0 aliphatic carbocycles. The number of anilines is 2. The van der Waals surface area contributed by atoms with Crippen LogP contribution in [-0.2, 0) is 10.2 Å². The summed E-state index contributed by atoms with van der Waals surface area (Å²) in [6.07, 6.45) is 0. The van der Waals surface area contributed by atoms with Gasteiger partial charge in [0.15, 0.2) is 0 Å². The van der Waals surface area contributed by atoms with Crippen LogP contribution in [0.5, 0.6) is 0 Å². The van der Waals surface area contributed by atoms with Crippen molar-refractivity contribution in [3.05, 3.63) is 46.3 Å². The summed E-state index contributed by atoms with van der Waals surface area (Å²) in [4.78, 5) is 24.2. The number of rotatable bonds is 7. The Morgan fingerprint density at radius 1 is 1.19 bits per heavy atom. The second-order valence-electron chi connectivity index (χ2n) is 6.86. The van der Waals surface area contributed by atoms with Crippen LogP contribution >= 0.6 is 11.3 Å². The minimum atomic E-state index is -1.04. The number of amides is 1. The van der Waals surface area contributed by atoms with Crippen molar-refractivity contribution in [1.29, 1.82) is 0 Å². The van der Waals surface area contributed by atoms with E-state index in [4.69, 9.17) is 4.74 Å². The van der Waals surface area contributed by atoms with Crippen LogP contribution in [0, 0.1) is 0 Å². The van der Waals surface area contributed by atoms with Crippen LogP contribution in [0.15, 0.2) is 29.6 Å². The van der Waals surface area contributed by atoms with Crippen molar-refractivity contribution >= 4 is 33.9 Å². The van der Waals surface area contributed by atoms with Gasteiger partial charge in [0.1, 0.15) is 5.00 Å². The minimum Gasteiger partial charge on any atom is -0.478 e. The van der Waals surface area contributed by atoms with E-state index in [1.165, 1.54) is 11.3 Å². The maximum Gasteiger partial charge on any atom is 0.339 e. The summed E-state index contributed by atoms with van der Waals surface area (Å²) in [5.41, 5.74) is 1.90. The highest BCUT2D eigenvalue weighted by Crippen LogP contribution is 2.36. The molecule has 1 heterocycles. The summed E-state index contributed by atoms with van der Waals surface area (Å²) in [5.74, 6) is -1.37. The fourth-order valence-electron chi connectivity index (χ4n) is 2.43. The van der Waals surface area contributed by atoms with Crippen LogP contribution in [0.25, 0.3) is 0 Å². The lowest BCUT2D eigenvalue weighted by molar-refractivity contribution is 0.0696. The number of aromatic carboxylic acids is 1. The molecule has 0 fully saturated rings. The predicted octanol–water partition coefficient (Wildman–Crippen LogP) is 4.05. The average Bonchev–Trinajstić information content (AvgIpc) is 3.00. The number of methoxy groups -OCH3 is 1. The van der Waals surface area contributed by atoms with Crippen molar-refractivity contribution in [2.24, 2.45) is 0 Å². The summed E-state index contributed by atoms with van der Waals surface area (Å²) in [7, 11) is 1.64. The Balaban J connectivity index is 2.15. The van der Waals surface area contributed by atoms with E-state index < -0.39 is 5.97 Å². The number of benzene rings is 1. The second-order valence-corrected chi connectivity index (χ2v) is 7.74. The smallest absolute Gasteiger partial charge is 0.339 e. The van der Waals surface area contributed by atoms with Crippen molar-refractivity contribution in [2.45, 2.75) is 26.2 Å². The zero-order valence-corrected chi connectivity index (χ0v) is 16.2. The molecule has 1 aromatic heterocycles. The molecule has 1 amide bonds. The number of carbonyl (C=O) groups is 2. The number of carboxylic acid groups (broad SMARTS) is 1. The third-order valence-corrected chi connectivity index (χ3v) is 4.72. The molecule has 0 saturated heterocycles. The van der Waals surface area contributed by atoms with Crippen molar-refractivity contribution in [2.75, 3.05) is 30.9 Å². The number of thiophene rings is 1. The molecule has 0 unspecified atom stereocenters. The number of ether oxygens (including phenoxy) is 1. The van der Waals surface area contributed by atoms with Crippen LogP contribution in [0.1, 0.15) is 47.1 Å². The summed E-state index contributed by atoms with van der Waals surface area (Å²) in [6.45, 7) is 7.11. The van der Waals surface area contributed by atoms with Crippen LogP contribution in [0.4, 0.5) is 10.7 Å². The zero-order valence-electron chi connectivity index (χ0n) is 15.4. The molecule has 0 saturated carbocycles. The number of hydrogen-bond donors (Lipinski definition) is 3. The second kappa shape index (κ2) is 8.33. The summed E-state index contributed by atoms with van der Waals surface area (Å²) < 4.78 is 4.97. The van der Waals surface area contributed by atoms with Gasteiger partial charge in [0.2, 0.25) is 0 Å². The van der Waals surface area contributed by atoms with Gasteiger partial charge in [0.25, 0.3) is 5.91 Å². The van der Waals surface area contributed by atoms with Gasteiger partial charge in [-0.25, -0.2) is 4.79 Å². The fourth-order valence-corrected chi connectivity index (χ4v) is 3.60. The van der Waals surface area contributed by atoms with Gasteiger partial charge >= 0.3 is 5.97 Å². The van der Waals surface area contributed by atoms with E-state index >= 15 is 0 Å². The Kier molecular flexibility index (Phi) is 6.39. The first-order chi connectivity index (χ1) is 12.2. The van der Waals surface area contributed by atoms with Gasteiger partial charge in [-0.05, 0) is 40.6 Å². The first-order valence-corrected chi connectivity index (χ1v) is 9.11. The summed E-state index contributed by atoms with van der Waals surface area (Å²) >= 11 is 1.23. The van der Waals surface area contributed by atoms with Gasteiger partial charge < -0.3 is 20.5 Å². The fraction of sp³-hybridized carbons (Fsp3) is 0.368. The molecular formula is C19H24N2O4S. The third-order valence-electron chi connectivity index (χ3n) is 3.82. The normalized spacial score (nSPS) is 11.2. The molecule has 0 aliphatic rings. The maximum atomic E-state index is 12.5. The molecule has 2 aromatic rings. The Bertz CT molecular complexity index is 776. The Morgan fingerprint density at radius 3 is 2.38 bits per heavy atom. The molecule has 0 spiro atoms. The molecule has 0 atom stereocenters. The Hall–Kier alpha value is -2.38. The van der Waals surface area contributed by atoms with Crippen LogP contribution < -0.4 is 10.6 Å². The SMILES string of the molecule is COCCNc1ccc(C(=O)Nc2scc(C(C)(C)C)c2C(=O)O)cc1. The topological polar surface area (TPSA) is 87.7 Å². The molecule has 2 rings (SSSR count). The van der Waals surface area contributed by atoms with E-state index in [1.807, 2.05) is 20.8 Å². The lowest BCUT2D eigenvalue weighted by Crippen LogP contribution is -2.18.